The normalized spacial score (nSPS) is 12.2. The predicted molar refractivity (Wildman–Crippen MR) is 47.7 cm³/mol. The predicted octanol–water partition coefficient (Wildman–Crippen LogP) is 0.429. The minimum absolute atomic E-state index is 0.00574. The van der Waals surface area contributed by atoms with Crippen molar-refractivity contribution in [3.63, 3.8) is 0 Å². The molecule has 0 unspecified atom stereocenters. The van der Waals surface area contributed by atoms with Crippen molar-refractivity contribution in [2.24, 2.45) is 10.9 Å². The zero-order chi connectivity index (χ0) is 9.26. The zero-order valence-corrected chi connectivity index (χ0v) is 6.75. The van der Waals surface area contributed by atoms with Gasteiger partial charge in [0, 0.05) is 6.20 Å². The summed E-state index contributed by atoms with van der Waals surface area (Å²) in [6.07, 6.45) is 3.46. The fraction of sp³-hybridized carbons (Fsp3) is 0. The first-order chi connectivity index (χ1) is 6.33. The number of oxime groups is 1. The van der Waals surface area contributed by atoms with Crippen LogP contribution in [0, 0.1) is 0 Å². The van der Waals surface area contributed by atoms with E-state index in [-0.39, 0.29) is 5.84 Å². The van der Waals surface area contributed by atoms with Gasteiger partial charge in [0.05, 0.1) is 11.7 Å². The first-order valence-electron chi connectivity index (χ1n) is 3.73. The van der Waals surface area contributed by atoms with Crippen molar-refractivity contribution in [1.82, 2.24) is 9.38 Å². The van der Waals surface area contributed by atoms with Gasteiger partial charge in [0.2, 0.25) is 5.84 Å². The lowest BCUT2D eigenvalue weighted by molar-refractivity contribution is 0.318. The molecule has 0 amide bonds. The molecule has 13 heavy (non-hydrogen) atoms. The van der Waals surface area contributed by atoms with E-state index in [2.05, 4.69) is 10.1 Å². The quantitative estimate of drug-likeness (QED) is 0.286. The Kier molecular flexibility index (Phi) is 1.63. The van der Waals surface area contributed by atoms with Crippen LogP contribution in [-0.4, -0.2) is 20.4 Å². The zero-order valence-electron chi connectivity index (χ0n) is 6.75. The Balaban J connectivity index is 2.71. The molecule has 2 rings (SSSR count). The summed E-state index contributed by atoms with van der Waals surface area (Å²) in [5.41, 5.74) is 6.33. The Hall–Kier alpha value is -2.04. The van der Waals surface area contributed by atoms with Gasteiger partial charge in [-0.2, -0.15) is 0 Å². The third-order valence-electron chi connectivity index (χ3n) is 1.78. The molecule has 0 spiro atoms. The van der Waals surface area contributed by atoms with Gasteiger partial charge in [-0.15, -0.1) is 0 Å². The molecule has 5 nitrogen and oxygen atoms in total. The summed E-state index contributed by atoms with van der Waals surface area (Å²) >= 11 is 0. The van der Waals surface area contributed by atoms with E-state index in [1.54, 1.807) is 16.8 Å². The molecule has 0 radical (unpaired) electrons. The Morgan fingerprint density at radius 2 is 2.38 bits per heavy atom. The van der Waals surface area contributed by atoms with E-state index in [0.717, 1.165) is 5.52 Å². The molecular weight excluding hydrogens is 168 g/mol. The Labute approximate surface area is 74.1 Å². The van der Waals surface area contributed by atoms with Crippen molar-refractivity contribution < 1.29 is 5.21 Å². The second-order valence-electron chi connectivity index (χ2n) is 2.56. The van der Waals surface area contributed by atoms with Crippen LogP contribution in [0.4, 0.5) is 0 Å². The fourth-order valence-electron chi connectivity index (χ4n) is 1.18. The van der Waals surface area contributed by atoms with Crippen LogP contribution in [0.15, 0.2) is 35.7 Å². The molecule has 2 heterocycles. The Morgan fingerprint density at radius 1 is 1.54 bits per heavy atom. The number of imidazole rings is 1. The van der Waals surface area contributed by atoms with E-state index >= 15 is 0 Å². The number of hydrogen-bond acceptors (Lipinski definition) is 3. The van der Waals surface area contributed by atoms with Crippen LogP contribution in [0.3, 0.4) is 0 Å². The second-order valence-corrected chi connectivity index (χ2v) is 2.56. The summed E-state index contributed by atoms with van der Waals surface area (Å²) in [5.74, 6) is 0.448. The van der Waals surface area contributed by atoms with Gasteiger partial charge in [-0.1, -0.05) is 11.2 Å². The molecule has 0 fully saturated rings. The standard InChI is InChI=1S/C8H8N4O/c9-7(11-13)8-10-5-6-3-1-2-4-12(6)8/h1-5,13H,(H2,9,11). The number of hydrogen-bond donors (Lipinski definition) is 2. The molecule has 0 bridgehead atoms. The molecule has 0 aliphatic carbocycles. The molecule has 2 aromatic heterocycles. The molecular formula is C8H8N4O. The topological polar surface area (TPSA) is 75.9 Å². The number of nitrogens with zero attached hydrogens (tertiary/aromatic N) is 3. The van der Waals surface area contributed by atoms with Gasteiger partial charge in [-0.05, 0) is 12.1 Å². The summed E-state index contributed by atoms with van der Waals surface area (Å²) < 4.78 is 1.75. The van der Waals surface area contributed by atoms with E-state index in [1.807, 2.05) is 18.2 Å². The van der Waals surface area contributed by atoms with Gasteiger partial charge in [0.1, 0.15) is 0 Å². The second kappa shape index (κ2) is 2.78. The van der Waals surface area contributed by atoms with Crippen LogP contribution in [0.5, 0.6) is 0 Å². The molecule has 2 aromatic rings. The number of aromatic nitrogens is 2. The number of rotatable bonds is 1. The van der Waals surface area contributed by atoms with Crippen molar-refractivity contribution in [2.45, 2.75) is 0 Å². The smallest absolute Gasteiger partial charge is 0.206 e. The van der Waals surface area contributed by atoms with E-state index < -0.39 is 0 Å². The third-order valence-corrected chi connectivity index (χ3v) is 1.78. The Morgan fingerprint density at radius 3 is 3.15 bits per heavy atom. The molecule has 0 saturated heterocycles. The van der Waals surface area contributed by atoms with E-state index in [1.165, 1.54) is 0 Å². The third kappa shape index (κ3) is 1.10. The first kappa shape index (κ1) is 7.60. The molecule has 5 heteroatoms. The lowest BCUT2D eigenvalue weighted by atomic mass is 10.4. The van der Waals surface area contributed by atoms with Crippen LogP contribution in [0.25, 0.3) is 5.52 Å². The van der Waals surface area contributed by atoms with E-state index in [9.17, 15) is 0 Å². The summed E-state index contributed by atoms with van der Waals surface area (Å²) in [7, 11) is 0. The van der Waals surface area contributed by atoms with Gasteiger partial charge in [-0.3, -0.25) is 4.40 Å². The fourth-order valence-corrected chi connectivity index (χ4v) is 1.18. The Bertz CT molecular complexity index is 460. The monoisotopic (exact) mass is 176 g/mol. The molecule has 0 aliphatic heterocycles. The highest BCUT2D eigenvalue weighted by molar-refractivity contribution is 5.94. The van der Waals surface area contributed by atoms with Crippen molar-refractivity contribution in [3.05, 3.63) is 36.4 Å². The summed E-state index contributed by atoms with van der Waals surface area (Å²) in [4.78, 5) is 4.01. The minimum atomic E-state index is 0.00574. The summed E-state index contributed by atoms with van der Waals surface area (Å²) in [6.45, 7) is 0. The molecule has 0 aliphatic rings. The molecule has 0 atom stereocenters. The van der Waals surface area contributed by atoms with Crippen LogP contribution in [-0.2, 0) is 0 Å². The van der Waals surface area contributed by atoms with Gasteiger partial charge in [0.15, 0.2) is 5.82 Å². The average molecular weight is 176 g/mol. The van der Waals surface area contributed by atoms with Gasteiger partial charge >= 0.3 is 0 Å². The van der Waals surface area contributed by atoms with Crippen LogP contribution in [0.1, 0.15) is 5.82 Å². The lowest BCUT2D eigenvalue weighted by Crippen LogP contribution is -2.16. The van der Waals surface area contributed by atoms with Crippen molar-refractivity contribution in [1.29, 1.82) is 0 Å². The van der Waals surface area contributed by atoms with Crippen molar-refractivity contribution in [3.8, 4) is 0 Å². The van der Waals surface area contributed by atoms with E-state index in [0.29, 0.717) is 5.82 Å². The summed E-state index contributed by atoms with van der Waals surface area (Å²) in [6, 6.07) is 5.64. The molecule has 0 aromatic carbocycles. The maximum absolute atomic E-state index is 8.48. The van der Waals surface area contributed by atoms with Gasteiger partial charge < -0.3 is 10.9 Å². The maximum atomic E-state index is 8.48. The molecule has 0 saturated carbocycles. The lowest BCUT2D eigenvalue weighted by Gasteiger charge is -1.97. The van der Waals surface area contributed by atoms with Crippen LogP contribution < -0.4 is 5.73 Å². The SMILES string of the molecule is NC(=NO)c1ncc2ccccn12. The van der Waals surface area contributed by atoms with Crippen molar-refractivity contribution in [2.75, 3.05) is 0 Å². The van der Waals surface area contributed by atoms with Crippen molar-refractivity contribution >= 4 is 11.4 Å². The van der Waals surface area contributed by atoms with Crippen LogP contribution in [0.2, 0.25) is 0 Å². The first-order valence-corrected chi connectivity index (χ1v) is 3.73. The summed E-state index contributed by atoms with van der Waals surface area (Å²) in [5, 5.41) is 11.4. The minimum Gasteiger partial charge on any atom is -0.409 e. The van der Waals surface area contributed by atoms with Crippen LogP contribution >= 0.6 is 0 Å². The highest BCUT2D eigenvalue weighted by atomic mass is 16.4. The van der Waals surface area contributed by atoms with E-state index in [4.69, 9.17) is 10.9 Å². The maximum Gasteiger partial charge on any atom is 0.206 e. The average Bonchev–Trinajstić information content (AvgIpc) is 2.60. The number of nitrogens with two attached hydrogens (primary N) is 1. The largest absolute Gasteiger partial charge is 0.409 e. The van der Waals surface area contributed by atoms with Gasteiger partial charge in [0.25, 0.3) is 0 Å². The number of amidine groups is 1. The number of fused-ring (bicyclic) bond motifs is 1. The molecule has 66 valence electrons. The highest BCUT2D eigenvalue weighted by Gasteiger charge is 2.06. The highest BCUT2D eigenvalue weighted by Crippen LogP contribution is 2.05. The molecule has 3 N–H and O–H groups in total. The number of pyridine rings is 1. The van der Waals surface area contributed by atoms with Gasteiger partial charge in [-0.25, -0.2) is 4.98 Å².